The standard InChI is InChI=1S/C11H25N3O/c1-8(2)10(7-14(4)5)13-11(15)6-9(3)12/h8-10H,6-7,12H2,1-5H3,(H,13,15). The van der Waals surface area contributed by atoms with Gasteiger partial charge in [0.15, 0.2) is 0 Å². The van der Waals surface area contributed by atoms with Gasteiger partial charge in [-0.1, -0.05) is 13.8 Å². The number of likely N-dealkylation sites (N-methyl/N-ethyl adjacent to an activating group) is 1. The van der Waals surface area contributed by atoms with Crippen LogP contribution in [0.25, 0.3) is 0 Å². The van der Waals surface area contributed by atoms with Crippen molar-refractivity contribution in [3.8, 4) is 0 Å². The number of carbonyl (C=O) groups is 1. The Bertz CT molecular complexity index is 190. The number of nitrogens with one attached hydrogen (secondary N) is 1. The Hall–Kier alpha value is -0.610. The van der Waals surface area contributed by atoms with E-state index < -0.39 is 0 Å². The van der Waals surface area contributed by atoms with Crippen molar-refractivity contribution in [1.29, 1.82) is 0 Å². The molecule has 0 rings (SSSR count). The van der Waals surface area contributed by atoms with E-state index in [-0.39, 0.29) is 18.0 Å². The lowest BCUT2D eigenvalue weighted by atomic mass is 10.0. The van der Waals surface area contributed by atoms with Crippen LogP contribution in [0.1, 0.15) is 27.2 Å². The molecule has 0 aromatic heterocycles. The van der Waals surface area contributed by atoms with Crippen LogP contribution in [0.4, 0.5) is 0 Å². The molecule has 2 unspecified atom stereocenters. The first-order chi connectivity index (χ1) is 6.82. The maximum atomic E-state index is 11.5. The SMILES string of the molecule is CC(N)CC(=O)NC(CN(C)C)C(C)C. The van der Waals surface area contributed by atoms with Crippen LogP contribution >= 0.6 is 0 Å². The third-order valence-electron chi connectivity index (χ3n) is 2.22. The zero-order valence-corrected chi connectivity index (χ0v) is 10.6. The number of rotatable bonds is 6. The molecule has 4 nitrogen and oxygen atoms in total. The minimum absolute atomic E-state index is 0.0468. The molecule has 0 radical (unpaired) electrons. The monoisotopic (exact) mass is 215 g/mol. The molecule has 0 aliphatic carbocycles. The Kier molecular flexibility index (Phi) is 6.52. The molecule has 0 aliphatic rings. The van der Waals surface area contributed by atoms with Crippen molar-refractivity contribution in [1.82, 2.24) is 10.2 Å². The van der Waals surface area contributed by atoms with E-state index in [1.54, 1.807) is 0 Å². The second-order valence-electron chi connectivity index (χ2n) is 4.86. The van der Waals surface area contributed by atoms with Gasteiger partial charge in [-0.3, -0.25) is 4.79 Å². The summed E-state index contributed by atoms with van der Waals surface area (Å²) in [6.45, 7) is 6.93. The molecule has 0 aliphatic heterocycles. The molecule has 90 valence electrons. The molecule has 2 atom stereocenters. The Morgan fingerprint density at radius 3 is 2.20 bits per heavy atom. The lowest BCUT2D eigenvalue weighted by Crippen LogP contribution is -2.46. The molecular weight excluding hydrogens is 190 g/mol. The van der Waals surface area contributed by atoms with Crippen molar-refractivity contribution >= 4 is 5.91 Å². The molecule has 0 aromatic rings. The first kappa shape index (κ1) is 14.4. The first-order valence-corrected chi connectivity index (χ1v) is 5.52. The van der Waals surface area contributed by atoms with E-state index in [0.717, 1.165) is 6.54 Å². The number of amides is 1. The van der Waals surface area contributed by atoms with E-state index >= 15 is 0 Å². The highest BCUT2D eigenvalue weighted by molar-refractivity contribution is 5.76. The molecule has 3 N–H and O–H groups in total. The van der Waals surface area contributed by atoms with Crippen molar-refractivity contribution in [3.63, 3.8) is 0 Å². The molecule has 0 aromatic carbocycles. The van der Waals surface area contributed by atoms with E-state index in [0.29, 0.717) is 12.3 Å². The third-order valence-corrected chi connectivity index (χ3v) is 2.22. The van der Waals surface area contributed by atoms with Crippen LogP contribution < -0.4 is 11.1 Å². The molecular formula is C11H25N3O. The maximum Gasteiger partial charge on any atom is 0.221 e. The van der Waals surface area contributed by atoms with Gasteiger partial charge in [-0.15, -0.1) is 0 Å². The number of nitrogens with zero attached hydrogens (tertiary/aromatic N) is 1. The average molecular weight is 215 g/mol. The van der Waals surface area contributed by atoms with Gasteiger partial charge >= 0.3 is 0 Å². The molecule has 0 saturated heterocycles. The van der Waals surface area contributed by atoms with Crippen LogP contribution in [0.3, 0.4) is 0 Å². The quantitative estimate of drug-likeness (QED) is 0.675. The smallest absolute Gasteiger partial charge is 0.221 e. The first-order valence-electron chi connectivity index (χ1n) is 5.52. The minimum Gasteiger partial charge on any atom is -0.352 e. The van der Waals surface area contributed by atoms with Crippen molar-refractivity contribution < 1.29 is 4.79 Å². The number of hydrogen-bond acceptors (Lipinski definition) is 3. The van der Waals surface area contributed by atoms with Gasteiger partial charge in [0, 0.05) is 25.0 Å². The predicted octanol–water partition coefficient (Wildman–Crippen LogP) is 0.426. The van der Waals surface area contributed by atoms with Gasteiger partial charge in [-0.05, 0) is 26.9 Å². The molecule has 1 amide bonds. The van der Waals surface area contributed by atoms with Crippen molar-refractivity contribution in [2.24, 2.45) is 11.7 Å². The summed E-state index contributed by atoms with van der Waals surface area (Å²) in [6, 6.07) is 0.128. The zero-order valence-electron chi connectivity index (χ0n) is 10.6. The third kappa shape index (κ3) is 7.33. The van der Waals surface area contributed by atoms with E-state index in [1.165, 1.54) is 0 Å². The summed E-state index contributed by atoms with van der Waals surface area (Å²) >= 11 is 0. The Morgan fingerprint density at radius 1 is 1.33 bits per heavy atom. The van der Waals surface area contributed by atoms with Gasteiger partial charge < -0.3 is 16.0 Å². The van der Waals surface area contributed by atoms with Gasteiger partial charge in [0.25, 0.3) is 0 Å². The highest BCUT2D eigenvalue weighted by Crippen LogP contribution is 2.03. The topological polar surface area (TPSA) is 58.4 Å². The van der Waals surface area contributed by atoms with Crippen LogP contribution in [0.15, 0.2) is 0 Å². The maximum absolute atomic E-state index is 11.5. The second kappa shape index (κ2) is 6.80. The van der Waals surface area contributed by atoms with Crippen LogP contribution in [0.2, 0.25) is 0 Å². The van der Waals surface area contributed by atoms with Gasteiger partial charge in [-0.2, -0.15) is 0 Å². The predicted molar refractivity (Wildman–Crippen MR) is 63.6 cm³/mol. The Balaban J connectivity index is 4.10. The summed E-state index contributed by atoms with van der Waals surface area (Å²) in [5, 5.41) is 3.02. The van der Waals surface area contributed by atoms with Crippen LogP contribution in [-0.2, 0) is 4.79 Å². The summed E-state index contributed by atoms with van der Waals surface area (Å²) in [5.74, 6) is 0.481. The molecule has 0 saturated carbocycles. The van der Waals surface area contributed by atoms with E-state index in [9.17, 15) is 4.79 Å². The van der Waals surface area contributed by atoms with Crippen LogP contribution in [-0.4, -0.2) is 43.5 Å². The Morgan fingerprint density at radius 2 is 1.87 bits per heavy atom. The summed E-state index contributed by atoms with van der Waals surface area (Å²) in [6.07, 6.45) is 0.399. The minimum atomic E-state index is -0.0721. The zero-order chi connectivity index (χ0) is 12.0. The van der Waals surface area contributed by atoms with E-state index in [2.05, 4.69) is 24.1 Å². The van der Waals surface area contributed by atoms with E-state index in [4.69, 9.17) is 5.73 Å². The number of carbonyl (C=O) groups excluding carboxylic acids is 1. The van der Waals surface area contributed by atoms with E-state index in [1.807, 2.05) is 21.0 Å². The lowest BCUT2D eigenvalue weighted by molar-refractivity contribution is -0.122. The highest BCUT2D eigenvalue weighted by Gasteiger charge is 2.17. The highest BCUT2D eigenvalue weighted by atomic mass is 16.1. The molecule has 4 heteroatoms. The molecule has 15 heavy (non-hydrogen) atoms. The Labute approximate surface area is 93.2 Å². The normalized spacial score (nSPS) is 15.5. The second-order valence-corrected chi connectivity index (χ2v) is 4.86. The average Bonchev–Trinajstić information content (AvgIpc) is 1.99. The van der Waals surface area contributed by atoms with Gasteiger partial charge in [-0.25, -0.2) is 0 Å². The number of nitrogens with two attached hydrogens (primary N) is 1. The molecule has 0 fully saturated rings. The lowest BCUT2D eigenvalue weighted by Gasteiger charge is -2.25. The molecule has 0 bridgehead atoms. The molecule has 0 spiro atoms. The van der Waals surface area contributed by atoms with Crippen LogP contribution in [0.5, 0.6) is 0 Å². The summed E-state index contributed by atoms with van der Waals surface area (Å²) in [7, 11) is 4.01. The fourth-order valence-corrected chi connectivity index (χ4v) is 1.37. The molecule has 0 heterocycles. The summed E-state index contributed by atoms with van der Waals surface area (Å²) in [4.78, 5) is 13.6. The van der Waals surface area contributed by atoms with Gasteiger partial charge in [0.05, 0.1) is 0 Å². The van der Waals surface area contributed by atoms with Gasteiger partial charge in [0.1, 0.15) is 0 Å². The fourth-order valence-electron chi connectivity index (χ4n) is 1.37. The summed E-state index contributed by atoms with van der Waals surface area (Å²) < 4.78 is 0. The fraction of sp³-hybridized carbons (Fsp3) is 0.909. The largest absolute Gasteiger partial charge is 0.352 e. The van der Waals surface area contributed by atoms with Crippen molar-refractivity contribution in [2.45, 2.75) is 39.3 Å². The van der Waals surface area contributed by atoms with Gasteiger partial charge in [0.2, 0.25) is 5.91 Å². The summed E-state index contributed by atoms with van der Waals surface area (Å²) in [5.41, 5.74) is 5.58. The van der Waals surface area contributed by atoms with Crippen molar-refractivity contribution in [3.05, 3.63) is 0 Å². The van der Waals surface area contributed by atoms with Crippen LogP contribution in [0, 0.1) is 5.92 Å². The number of hydrogen-bond donors (Lipinski definition) is 2. The van der Waals surface area contributed by atoms with Crippen molar-refractivity contribution in [2.75, 3.05) is 20.6 Å².